The summed E-state index contributed by atoms with van der Waals surface area (Å²) in [5, 5.41) is 3.24. The van der Waals surface area contributed by atoms with Crippen LogP contribution in [0.5, 0.6) is 0 Å². The molecule has 1 atom stereocenters. The molecule has 0 aliphatic carbocycles. The Morgan fingerprint density at radius 1 is 1.46 bits per heavy atom. The van der Waals surface area contributed by atoms with Gasteiger partial charge in [0, 0.05) is 25.8 Å². The summed E-state index contributed by atoms with van der Waals surface area (Å²) in [5.74, 6) is 0.556. The molecule has 0 saturated carbocycles. The molecule has 0 unspecified atom stereocenters. The Labute approximate surface area is 146 Å². The van der Waals surface area contributed by atoms with Crippen molar-refractivity contribution in [2.24, 2.45) is 5.92 Å². The molecule has 0 bridgehead atoms. The van der Waals surface area contributed by atoms with Gasteiger partial charge in [-0.3, -0.25) is 4.79 Å². The van der Waals surface area contributed by atoms with Gasteiger partial charge >= 0.3 is 6.09 Å². The van der Waals surface area contributed by atoms with Gasteiger partial charge in [0.15, 0.2) is 5.78 Å². The van der Waals surface area contributed by atoms with Crippen LogP contribution < -0.4 is 5.32 Å². The van der Waals surface area contributed by atoms with Gasteiger partial charge in [0.1, 0.15) is 11.4 Å². The number of ether oxygens (including phenoxy) is 1. The molecule has 2 rings (SSSR count). The van der Waals surface area contributed by atoms with Crippen LogP contribution in [0.15, 0.2) is 6.20 Å². The molecule has 1 fully saturated rings. The van der Waals surface area contributed by atoms with Gasteiger partial charge in [0.2, 0.25) is 5.28 Å². The van der Waals surface area contributed by atoms with Gasteiger partial charge in [-0.1, -0.05) is 0 Å². The van der Waals surface area contributed by atoms with Gasteiger partial charge in [-0.25, -0.2) is 14.8 Å². The molecule has 2 heterocycles. The van der Waals surface area contributed by atoms with Crippen molar-refractivity contribution in [3.05, 3.63) is 17.0 Å². The Kier molecular flexibility index (Phi) is 5.64. The minimum atomic E-state index is -0.498. The monoisotopic (exact) mass is 354 g/mol. The number of carbonyl (C=O) groups excluding carboxylic acids is 2. The predicted molar refractivity (Wildman–Crippen MR) is 91.5 cm³/mol. The number of likely N-dealkylation sites (tertiary alicyclic amines) is 1. The average Bonchev–Trinajstić information content (AvgIpc) is 2.92. The van der Waals surface area contributed by atoms with E-state index in [0.29, 0.717) is 31.0 Å². The first-order valence-electron chi connectivity index (χ1n) is 7.91. The number of hydrogen-bond acceptors (Lipinski definition) is 6. The van der Waals surface area contributed by atoms with Crippen LogP contribution in [0.2, 0.25) is 5.28 Å². The maximum Gasteiger partial charge on any atom is 0.410 e. The van der Waals surface area contributed by atoms with Crippen LogP contribution in [0.4, 0.5) is 10.6 Å². The third-order valence-electron chi connectivity index (χ3n) is 3.63. The van der Waals surface area contributed by atoms with E-state index < -0.39 is 5.60 Å². The first kappa shape index (κ1) is 18.4. The van der Waals surface area contributed by atoms with Gasteiger partial charge in [-0.15, -0.1) is 0 Å². The Bertz CT molecular complexity index is 630. The van der Waals surface area contributed by atoms with Gasteiger partial charge in [0.05, 0.1) is 5.56 Å². The number of carbonyl (C=O) groups is 2. The molecule has 1 aromatic rings. The first-order chi connectivity index (χ1) is 11.2. The molecule has 0 aromatic carbocycles. The van der Waals surface area contributed by atoms with E-state index in [1.54, 1.807) is 4.90 Å². The maximum atomic E-state index is 12.1. The minimum absolute atomic E-state index is 0.0873. The summed E-state index contributed by atoms with van der Waals surface area (Å²) >= 11 is 5.80. The second kappa shape index (κ2) is 7.34. The SMILES string of the molecule is CC(=O)c1cnc(Cl)nc1NC[C@H]1CCN(C(=O)OC(C)(C)C)C1. The fourth-order valence-corrected chi connectivity index (χ4v) is 2.62. The van der Waals surface area contributed by atoms with Crippen molar-refractivity contribution < 1.29 is 14.3 Å². The molecule has 24 heavy (non-hydrogen) atoms. The van der Waals surface area contributed by atoms with Gasteiger partial charge in [0.25, 0.3) is 0 Å². The molecule has 7 nitrogen and oxygen atoms in total. The van der Waals surface area contributed by atoms with Crippen molar-refractivity contribution >= 4 is 29.3 Å². The van der Waals surface area contributed by atoms with Crippen LogP contribution in [-0.4, -0.2) is 52.0 Å². The Morgan fingerprint density at radius 3 is 2.79 bits per heavy atom. The number of ketones is 1. The van der Waals surface area contributed by atoms with Crippen molar-refractivity contribution in [2.45, 2.75) is 39.7 Å². The Morgan fingerprint density at radius 2 is 2.17 bits per heavy atom. The molecular formula is C16H23ClN4O3. The third kappa shape index (κ3) is 5.06. The number of anilines is 1. The fraction of sp³-hybridized carbons (Fsp3) is 0.625. The van der Waals surface area contributed by atoms with Gasteiger partial charge in [-0.2, -0.15) is 0 Å². The molecule has 8 heteroatoms. The molecule has 1 aliphatic rings. The van der Waals surface area contributed by atoms with Crippen LogP contribution in [0.25, 0.3) is 0 Å². The van der Waals surface area contributed by atoms with E-state index in [9.17, 15) is 9.59 Å². The number of rotatable bonds is 4. The lowest BCUT2D eigenvalue weighted by atomic mass is 10.1. The summed E-state index contributed by atoms with van der Waals surface area (Å²) in [7, 11) is 0. The van der Waals surface area contributed by atoms with E-state index in [1.165, 1.54) is 13.1 Å². The molecule has 0 spiro atoms. The summed E-state index contributed by atoms with van der Waals surface area (Å²) in [4.78, 5) is 33.3. The number of nitrogens with one attached hydrogen (secondary N) is 1. The summed E-state index contributed by atoms with van der Waals surface area (Å²) in [6.45, 7) is 8.86. The van der Waals surface area contributed by atoms with Crippen molar-refractivity contribution in [2.75, 3.05) is 25.0 Å². The lowest BCUT2D eigenvalue weighted by Crippen LogP contribution is -2.35. The fourth-order valence-electron chi connectivity index (χ4n) is 2.49. The van der Waals surface area contributed by atoms with Gasteiger partial charge < -0.3 is 15.0 Å². The van der Waals surface area contributed by atoms with Gasteiger partial charge in [-0.05, 0) is 51.6 Å². The van der Waals surface area contributed by atoms with Crippen LogP contribution in [-0.2, 0) is 4.74 Å². The maximum absolute atomic E-state index is 12.1. The topological polar surface area (TPSA) is 84.4 Å². The molecule has 132 valence electrons. The minimum Gasteiger partial charge on any atom is -0.444 e. The highest BCUT2D eigenvalue weighted by molar-refractivity contribution is 6.28. The van der Waals surface area contributed by atoms with Crippen LogP contribution in [0.1, 0.15) is 44.5 Å². The molecule has 1 aromatic heterocycles. The zero-order chi connectivity index (χ0) is 17.9. The van der Waals surface area contributed by atoms with E-state index in [2.05, 4.69) is 15.3 Å². The van der Waals surface area contributed by atoms with Crippen LogP contribution in [0, 0.1) is 5.92 Å². The Balaban J connectivity index is 1.92. The highest BCUT2D eigenvalue weighted by Gasteiger charge is 2.29. The number of aromatic nitrogens is 2. The average molecular weight is 355 g/mol. The lowest BCUT2D eigenvalue weighted by Gasteiger charge is -2.24. The number of nitrogens with zero attached hydrogens (tertiary/aromatic N) is 3. The normalized spacial score (nSPS) is 17.7. The second-order valence-corrected chi connectivity index (χ2v) is 7.26. The number of halogens is 1. The van der Waals surface area contributed by atoms with Crippen molar-refractivity contribution in [1.82, 2.24) is 14.9 Å². The van der Waals surface area contributed by atoms with Crippen molar-refractivity contribution in [1.29, 1.82) is 0 Å². The quantitative estimate of drug-likeness (QED) is 0.661. The zero-order valence-corrected chi connectivity index (χ0v) is 15.2. The smallest absolute Gasteiger partial charge is 0.410 e. The molecule has 1 aliphatic heterocycles. The molecule has 1 saturated heterocycles. The van der Waals surface area contributed by atoms with E-state index in [4.69, 9.17) is 16.3 Å². The Hall–Kier alpha value is -1.89. The number of hydrogen-bond donors (Lipinski definition) is 1. The molecule has 0 radical (unpaired) electrons. The van der Waals surface area contributed by atoms with E-state index in [0.717, 1.165) is 6.42 Å². The highest BCUT2D eigenvalue weighted by atomic mass is 35.5. The largest absolute Gasteiger partial charge is 0.444 e. The first-order valence-corrected chi connectivity index (χ1v) is 8.29. The van der Waals surface area contributed by atoms with Crippen molar-refractivity contribution in [3.63, 3.8) is 0 Å². The van der Waals surface area contributed by atoms with E-state index in [-0.39, 0.29) is 23.1 Å². The van der Waals surface area contributed by atoms with Crippen LogP contribution in [0.3, 0.4) is 0 Å². The third-order valence-corrected chi connectivity index (χ3v) is 3.82. The number of Topliss-reactive ketones (excluding diaryl/α,β-unsaturated/α-hetero) is 1. The summed E-state index contributed by atoms with van der Waals surface area (Å²) in [6.07, 6.45) is 1.99. The zero-order valence-electron chi connectivity index (χ0n) is 14.4. The van der Waals surface area contributed by atoms with E-state index in [1.807, 2.05) is 20.8 Å². The summed E-state index contributed by atoms with van der Waals surface area (Å²) in [5.41, 5.74) is -0.0944. The highest BCUT2D eigenvalue weighted by Crippen LogP contribution is 2.21. The standard InChI is InChI=1S/C16H23ClN4O3/c1-10(22)12-8-19-14(17)20-13(12)18-7-11-5-6-21(9-11)15(23)24-16(2,3)4/h8,11H,5-7,9H2,1-4H3,(H,18,19,20)/t11-/m1/s1. The number of amides is 1. The summed E-state index contributed by atoms with van der Waals surface area (Å²) in [6, 6.07) is 0. The van der Waals surface area contributed by atoms with Crippen LogP contribution >= 0.6 is 11.6 Å². The predicted octanol–water partition coefficient (Wildman–Crippen LogP) is 3.00. The molecule has 1 N–H and O–H groups in total. The molecular weight excluding hydrogens is 332 g/mol. The van der Waals surface area contributed by atoms with E-state index >= 15 is 0 Å². The second-order valence-electron chi connectivity index (χ2n) is 6.92. The van der Waals surface area contributed by atoms with Crippen molar-refractivity contribution in [3.8, 4) is 0 Å². The lowest BCUT2D eigenvalue weighted by molar-refractivity contribution is 0.0289. The summed E-state index contributed by atoms with van der Waals surface area (Å²) < 4.78 is 5.38. The molecule has 1 amide bonds.